The molecule has 0 aromatic carbocycles. The highest BCUT2D eigenvalue weighted by atomic mass is 31.2. The lowest BCUT2D eigenvalue weighted by atomic mass is 10.0. The van der Waals surface area contributed by atoms with E-state index in [9.17, 15) is 43.2 Å². The number of ether oxygens (including phenoxy) is 4. The van der Waals surface area contributed by atoms with Gasteiger partial charge in [-0.3, -0.25) is 37.3 Å². The van der Waals surface area contributed by atoms with Crippen molar-refractivity contribution in [2.45, 2.75) is 412 Å². The third-order valence-corrected chi connectivity index (χ3v) is 19.4. The summed E-state index contributed by atoms with van der Waals surface area (Å²) in [4.78, 5) is 72.7. The van der Waals surface area contributed by atoms with Gasteiger partial charge in [0.2, 0.25) is 0 Å². The first-order valence-electron chi connectivity index (χ1n) is 39.1. The Bertz CT molecular complexity index is 1810. The molecule has 0 rings (SSSR count). The highest BCUT2D eigenvalue weighted by Gasteiger charge is 2.30. The van der Waals surface area contributed by atoms with Crippen LogP contribution in [-0.2, 0) is 65.4 Å². The van der Waals surface area contributed by atoms with Crippen molar-refractivity contribution in [3.05, 3.63) is 0 Å². The van der Waals surface area contributed by atoms with Gasteiger partial charge in [0.25, 0.3) is 0 Å². The number of phosphoric ester groups is 2. The minimum atomic E-state index is -4.96. The minimum absolute atomic E-state index is 0.104. The molecule has 0 spiro atoms. The highest BCUT2D eigenvalue weighted by Crippen LogP contribution is 2.45. The zero-order valence-corrected chi connectivity index (χ0v) is 62.9. The molecule has 0 radical (unpaired) electrons. The Hall–Kier alpha value is -1.94. The van der Waals surface area contributed by atoms with Crippen LogP contribution in [-0.4, -0.2) is 96.7 Å². The SMILES string of the molecule is CCCCCCCCCCCCCCCCCCCC(=O)OC[C@H](COP(=O)(O)OC[C@@H](O)COP(=O)(O)OC[C@@H](COC(=O)CCCCCCCCCCCC)OC(=O)CCCCCCCCCC(C)C)OC(=O)CCCCCCCCCCCCCCCCCCC. The molecule has 0 aliphatic rings. The second kappa shape index (κ2) is 68.2. The van der Waals surface area contributed by atoms with Crippen molar-refractivity contribution in [1.29, 1.82) is 0 Å². The van der Waals surface area contributed by atoms with Crippen molar-refractivity contribution >= 4 is 39.5 Å². The molecule has 0 aliphatic heterocycles. The Kier molecular flexibility index (Phi) is 66.8. The number of carbonyl (C=O) groups excluding carboxylic acids is 4. The van der Waals surface area contributed by atoms with E-state index in [4.69, 9.17) is 37.0 Å². The predicted octanol–water partition coefficient (Wildman–Crippen LogP) is 22.1. The van der Waals surface area contributed by atoms with Gasteiger partial charge in [0, 0.05) is 25.7 Å². The van der Waals surface area contributed by atoms with Crippen LogP contribution in [0.5, 0.6) is 0 Å². The van der Waals surface area contributed by atoms with E-state index < -0.39 is 97.5 Å². The second-order valence-electron chi connectivity index (χ2n) is 27.5. The summed E-state index contributed by atoms with van der Waals surface area (Å²) in [6.07, 6.45) is 57.0. The Morgan fingerprint density at radius 3 is 0.723 bits per heavy atom. The van der Waals surface area contributed by atoms with Crippen LogP contribution in [0.2, 0.25) is 0 Å². The molecule has 5 atom stereocenters. The van der Waals surface area contributed by atoms with Crippen LogP contribution in [0.25, 0.3) is 0 Å². The Morgan fingerprint density at radius 2 is 0.489 bits per heavy atom. The van der Waals surface area contributed by atoms with Gasteiger partial charge < -0.3 is 33.8 Å². The van der Waals surface area contributed by atoms with Crippen molar-refractivity contribution in [3.8, 4) is 0 Å². The van der Waals surface area contributed by atoms with E-state index in [1.165, 1.54) is 218 Å². The maximum Gasteiger partial charge on any atom is 0.472 e. The van der Waals surface area contributed by atoms with Crippen LogP contribution in [0.15, 0.2) is 0 Å². The highest BCUT2D eigenvalue weighted by molar-refractivity contribution is 7.47. The summed E-state index contributed by atoms with van der Waals surface area (Å²) in [5, 5.41) is 10.6. The Balaban J connectivity index is 5.21. The molecule has 0 aromatic rings. The van der Waals surface area contributed by atoms with Crippen molar-refractivity contribution < 1.29 is 80.2 Å². The lowest BCUT2D eigenvalue weighted by molar-refractivity contribution is -0.161. The maximum absolute atomic E-state index is 13.1. The maximum atomic E-state index is 13.1. The first-order chi connectivity index (χ1) is 45.5. The van der Waals surface area contributed by atoms with Crippen LogP contribution >= 0.6 is 15.6 Å². The van der Waals surface area contributed by atoms with E-state index in [0.29, 0.717) is 31.6 Å². The van der Waals surface area contributed by atoms with Crippen LogP contribution in [0.3, 0.4) is 0 Å². The lowest BCUT2D eigenvalue weighted by Crippen LogP contribution is -2.30. The monoisotopic (exact) mass is 1380 g/mol. The lowest BCUT2D eigenvalue weighted by Gasteiger charge is -2.21. The van der Waals surface area contributed by atoms with Crippen molar-refractivity contribution in [2.75, 3.05) is 39.6 Å². The molecule has 0 fully saturated rings. The molecule has 0 saturated heterocycles. The van der Waals surface area contributed by atoms with Crippen LogP contribution < -0.4 is 0 Å². The van der Waals surface area contributed by atoms with Gasteiger partial charge in [0.1, 0.15) is 19.3 Å². The van der Waals surface area contributed by atoms with E-state index in [1.807, 2.05) is 0 Å². The number of aliphatic hydroxyl groups is 1. The number of rotatable bonds is 75. The number of esters is 4. The zero-order valence-electron chi connectivity index (χ0n) is 61.1. The molecule has 0 aromatic heterocycles. The van der Waals surface area contributed by atoms with Gasteiger partial charge in [-0.15, -0.1) is 0 Å². The summed E-state index contributed by atoms with van der Waals surface area (Å²) in [6, 6.07) is 0. The van der Waals surface area contributed by atoms with Gasteiger partial charge in [0.05, 0.1) is 26.4 Å². The molecule has 0 aliphatic carbocycles. The number of unbranched alkanes of at least 4 members (excludes halogenated alkanes) is 47. The quantitative estimate of drug-likeness (QED) is 0.0222. The standard InChI is InChI=1S/C75H146O17P2/c1-6-9-12-15-18-21-24-26-28-30-32-34-36-39-44-49-54-59-73(78)86-64-70(91-74(79)60-55-50-45-40-37-35-33-31-29-27-25-22-19-16-13-10-7-2)66-89-93(81,82)87-62-69(76)63-88-94(83,84)90-67-71(92-75(80)61-56-51-46-41-42-47-52-57-68(4)5)65-85-72(77)58-53-48-43-38-23-20-17-14-11-8-3/h68-71,76H,6-67H2,1-5H3,(H,81,82)(H,83,84)/t69-,70-,71-/m1/s1. The molecule has 0 saturated carbocycles. The molecule has 2 unspecified atom stereocenters. The minimum Gasteiger partial charge on any atom is -0.462 e. The fourth-order valence-electron chi connectivity index (χ4n) is 11.5. The fraction of sp³-hybridized carbons (Fsp3) is 0.947. The molecule has 17 nitrogen and oxygen atoms in total. The molecular weight excluding hydrogens is 1230 g/mol. The van der Waals surface area contributed by atoms with E-state index >= 15 is 0 Å². The number of aliphatic hydroxyl groups excluding tert-OH is 1. The van der Waals surface area contributed by atoms with E-state index in [-0.39, 0.29) is 25.7 Å². The summed E-state index contributed by atoms with van der Waals surface area (Å²) in [7, 11) is -9.91. The zero-order chi connectivity index (χ0) is 69.1. The van der Waals surface area contributed by atoms with Crippen LogP contribution in [0.1, 0.15) is 394 Å². The Morgan fingerprint density at radius 1 is 0.287 bits per heavy atom. The largest absolute Gasteiger partial charge is 0.472 e. The van der Waals surface area contributed by atoms with E-state index in [0.717, 1.165) is 89.9 Å². The van der Waals surface area contributed by atoms with Crippen molar-refractivity contribution in [3.63, 3.8) is 0 Å². The summed E-state index contributed by atoms with van der Waals surface area (Å²) in [6.45, 7) is 7.22. The van der Waals surface area contributed by atoms with Gasteiger partial charge in [-0.2, -0.15) is 0 Å². The van der Waals surface area contributed by atoms with Gasteiger partial charge >= 0.3 is 39.5 Å². The number of hydrogen-bond donors (Lipinski definition) is 3. The smallest absolute Gasteiger partial charge is 0.462 e. The van der Waals surface area contributed by atoms with E-state index in [1.54, 1.807) is 0 Å². The molecular formula is C75H146O17P2. The van der Waals surface area contributed by atoms with Gasteiger partial charge in [-0.05, 0) is 31.6 Å². The summed E-state index contributed by atoms with van der Waals surface area (Å²) < 4.78 is 68.4. The molecule has 19 heteroatoms. The second-order valence-corrected chi connectivity index (χ2v) is 30.4. The molecule has 3 N–H and O–H groups in total. The van der Waals surface area contributed by atoms with Crippen LogP contribution in [0, 0.1) is 5.92 Å². The van der Waals surface area contributed by atoms with Crippen molar-refractivity contribution in [2.24, 2.45) is 5.92 Å². The van der Waals surface area contributed by atoms with Crippen LogP contribution in [0.4, 0.5) is 0 Å². The van der Waals surface area contributed by atoms with Gasteiger partial charge in [0.15, 0.2) is 12.2 Å². The average Bonchev–Trinajstić information content (AvgIpc) is 3.24. The number of phosphoric acid groups is 2. The first-order valence-corrected chi connectivity index (χ1v) is 42.1. The number of hydrogen-bond acceptors (Lipinski definition) is 15. The first kappa shape index (κ1) is 92.1. The van der Waals surface area contributed by atoms with Gasteiger partial charge in [-0.25, -0.2) is 9.13 Å². The molecule has 558 valence electrons. The Labute approximate surface area is 575 Å². The molecule has 0 amide bonds. The third kappa shape index (κ3) is 68.6. The number of carbonyl (C=O) groups is 4. The normalized spacial score (nSPS) is 14.0. The fourth-order valence-corrected chi connectivity index (χ4v) is 13.1. The molecule has 0 bridgehead atoms. The van der Waals surface area contributed by atoms with Crippen molar-refractivity contribution in [1.82, 2.24) is 0 Å². The molecule has 94 heavy (non-hydrogen) atoms. The summed E-state index contributed by atoms with van der Waals surface area (Å²) in [5.41, 5.74) is 0. The predicted molar refractivity (Wildman–Crippen MR) is 382 cm³/mol. The topological polar surface area (TPSA) is 237 Å². The van der Waals surface area contributed by atoms with Gasteiger partial charge in [-0.1, -0.05) is 343 Å². The third-order valence-electron chi connectivity index (χ3n) is 17.5. The summed E-state index contributed by atoms with van der Waals surface area (Å²) in [5.74, 6) is -1.42. The average molecular weight is 1380 g/mol. The van der Waals surface area contributed by atoms with E-state index in [2.05, 4.69) is 34.6 Å². The molecule has 0 heterocycles. The summed E-state index contributed by atoms with van der Waals surface area (Å²) >= 11 is 0.